The molecule has 1 aromatic heterocycles. The highest BCUT2D eigenvalue weighted by molar-refractivity contribution is 5.91. The standard InChI is InChI=1S/C24H30N2O2/c1-16-13-19-20(24(4,5)10-9-23(19,2)3)15-17(16)14-18-7-8-21(28-18)22(27)26(6)12-11-25/h7-8,13,15H,9-10,12,14H2,1-6H3. The third-order valence-electron chi connectivity index (χ3n) is 6.20. The molecule has 1 amide bonds. The Bertz CT molecular complexity index is 944. The van der Waals surface area contributed by atoms with Crippen LogP contribution in [0.15, 0.2) is 28.7 Å². The maximum Gasteiger partial charge on any atom is 0.290 e. The molecule has 4 nitrogen and oxygen atoms in total. The van der Waals surface area contributed by atoms with Gasteiger partial charge in [-0.25, -0.2) is 0 Å². The van der Waals surface area contributed by atoms with Gasteiger partial charge >= 0.3 is 0 Å². The van der Waals surface area contributed by atoms with Crippen molar-refractivity contribution in [2.24, 2.45) is 0 Å². The van der Waals surface area contributed by atoms with Gasteiger partial charge in [-0.15, -0.1) is 0 Å². The van der Waals surface area contributed by atoms with Crippen molar-refractivity contribution < 1.29 is 9.21 Å². The van der Waals surface area contributed by atoms with Crippen molar-refractivity contribution in [1.29, 1.82) is 5.26 Å². The normalized spacial score (nSPS) is 16.9. The quantitative estimate of drug-likeness (QED) is 0.694. The van der Waals surface area contributed by atoms with Gasteiger partial charge in [0.05, 0.1) is 6.07 Å². The topological polar surface area (TPSA) is 57.2 Å². The maximum absolute atomic E-state index is 12.3. The molecule has 0 saturated carbocycles. The monoisotopic (exact) mass is 378 g/mol. The second-order valence-corrected chi connectivity index (χ2v) is 9.35. The Balaban J connectivity index is 1.91. The number of nitriles is 1. The van der Waals surface area contributed by atoms with Gasteiger partial charge in [-0.1, -0.05) is 39.8 Å². The molecule has 1 aliphatic rings. The first-order valence-corrected chi connectivity index (χ1v) is 9.91. The minimum atomic E-state index is -0.266. The van der Waals surface area contributed by atoms with Crippen LogP contribution in [-0.2, 0) is 17.3 Å². The lowest BCUT2D eigenvalue weighted by Crippen LogP contribution is -2.34. The van der Waals surface area contributed by atoms with Gasteiger partial charge < -0.3 is 9.32 Å². The van der Waals surface area contributed by atoms with Crippen LogP contribution in [0.1, 0.15) is 79.1 Å². The summed E-state index contributed by atoms with van der Waals surface area (Å²) in [6.45, 7) is 11.5. The number of nitrogens with zero attached hydrogens (tertiary/aromatic N) is 2. The molecule has 28 heavy (non-hydrogen) atoms. The minimum absolute atomic E-state index is 0.0453. The first kappa shape index (κ1) is 20.2. The first-order valence-electron chi connectivity index (χ1n) is 9.91. The number of carbonyl (C=O) groups is 1. The molecule has 148 valence electrons. The molecule has 0 radical (unpaired) electrons. The molecule has 0 N–H and O–H groups in total. The van der Waals surface area contributed by atoms with E-state index in [9.17, 15) is 4.79 Å². The Kier molecular flexibility index (Phi) is 5.14. The van der Waals surface area contributed by atoms with E-state index in [4.69, 9.17) is 9.68 Å². The highest BCUT2D eigenvalue weighted by atomic mass is 16.4. The molecule has 0 saturated heterocycles. The Morgan fingerprint density at radius 2 is 1.75 bits per heavy atom. The lowest BCUT2D eigenvalue weighted by atomic mass is 9.62. The van der Waals surface area contributed by atoms with Gasteiger partial charge in [-0.05, 0) is 65.0 Å². The van der Waals surface area contributed by atoms with E-state index in [-0.39, 0.29) is 29.0 Å². The van der Waals surface area contributed by atoms with Crippen LogP contribution < -0.4 is 0 Å². The summed E-state index contributed by atoms with van der Waals surface area (Å²) in [7, 11) is 1.60. The lowest BCUT2D eigenvalue weighted by molar-refractivity contribution is 0.0779. The van der Waals surface area contributed by atoms with Crippen molar-refractivity contribution in [1.82, 2.24) is 4.90 Å². The molecule has 0 bridgehead atoms. The molecule has 1 aromatic carbocycles. The number of hydrogen-bond donors (Lipinski definition) is 0. The van der Waals surface area contributed by atoms with Crippen LogP contribution in [0, 0.1) is 18.3 Å². The molecule has 3 rings (SSSR count). The van der Waals surface area contributed by atoms with E-state index in [1.165, 1.54) is 40.0 Å². The molecule has 0 fully saturated rings. The van der Waals surface area contributed by atoms with Gasteiger partial charge in [0.25, 0.3) is 5.91 Å². The largest absolute Gasteiger partial charge is 0.456 e. The summed E-state index contributed by atoms with van der Waals surface area (Å²) in [5, 5.41) is 8.76. The van der Waals surface area contributed by atoms with Crippen LogP contribution in [-0.4, -0.2) is 24.4 Å². The smallest absolute Gasteiger partial charge is 0.290 e. The van der Waals surface area contributed by atoms with E-state index in [1.54, 1.807) is 13.1 Å². The SMILES string of the molecule is Cc1cc2c(cc1Cc1ccc(C(=O)N(C)CC#N)o1)C(C)(C)CCC2(C)C. The number of carbonyl (C=O) groups excluding carboxylic acids is 1. The molecule has 0 unspecified atom stereocenters. The Morgan fingerprint density at radius 1 is 1.14 bits per heavy atom. The summed E-state index contributed by atoms with van der Waals surface area (Å²) in [5.74, 6) is 0.785. The average molecular weight is 379 g/mol. The van der Waals surface area contributed by atoms with Crippen molar-refractivity contribution >= 4 is 5.91 Å². The number of amides is 1. The number of furan rings is 1. The number of aryl methyl sites for hydroxylation is 1. The van der Waals surface area contributed by atoms with E-state index in [0.29, 0.717) is 6.42 Å². The van der Waals surface area contributed by atoms with E-state index in [2.05, 4.69) is 46.8 Å². The Hall–Kier alpha value is -2.54. The average Bonchev–Trinajstić information content (AvgIpc) is 3.08. The van der Waals surface area contributed by atoms with E-state index in [1.807, 2.05) is 12.1 Å². The molecular weight excluding hydrogens is 348 g/mol. The van der Waals surface area contributed by atoms with Crippen molar-refractivity contribution in [3.63, 3.8) is 0 Å². The molecule has 1 aliphatic carbocycles. The van der Waals surface area contributed by atoms with Crippen molar-refractivity contribution in [2.75, 3.05) is 13.6 Å². The van der Waals surface area contributed by atoms with Gasteiger partial charge in [-0.3, -0.25) is 4.79 Å². The Labute approximate surface area is 168 Å². The number of rotatable bonds is 4. The molecule has 1 heterocycles. The summed E-state index contributed by atoms with van der Waals surface area (Å²) in [5.41, 5.74) is 5.75. The van der Waals surface area contributed by atoms with E-state index in [0.717, 1.165) is 5.76 Å². The fraction of sp³-hybridized carbons (Fsp3) is 0.500. The highest BCUT2D eigenvalue weighted by Crippen LogP contribution is 2.46. The zero-order chi connectivity index (χ0) is 20.7. The Morgan fingerprint density at radius 3 is 2.36 bits per heavy atom. The van der Waals surface area contributed by atoms with E-state index >= 15 is 0 Å². The fourth-order valence-corrected chi connectivity index (χ4v) is 4.10. The second-order valence-electron chi connectivity index (χ2n) is 9.35. The number of hydrogen-bond acceptors (Lipinski definition) is 3. The third kappa shape index (κ3) is 3.71. The van der Waals surface area contributed by atoms with Crippen LogP contribution in [0.3, 0.4) is 0 Å². The van der Waals surface area contributed by atoms with Crippen LogP contribution in [0.25, 0.3) is 0 Å². The summed E-state index contributed by atoms with van der Waals surface area (Å²) in [6.07, 6.45) is 3.04. The van der Waals surface area contributed by atoms with Gasteiger partial charge in [0, 0.05) is 13.5 Å². The number of fused-ring (bicyclic) bond motifs is 1. The van der Waals surface area contributed by atoms with Gasteiger partial charge in [0.15, 0.2) is 5.76 Å². The summed E-state index contributed by atoms with van der Waals surface area (Å²) in [4.78, 5) is 13.7. The molecule has 0 spiro atoms. The number of benzene rings is 1. The van der Waals surface area contributed by atoms with Crippen LogP contribution >= 0.6 is 0 Å². The van der Waals surface area contributed by atoms with Crippen LogP contribution in [0.5, 0.6) is 0 Å². The molecule has 0 atom stereocenters. The summed E-state index contributed by atoms with van der Waals surface area (Å²) >= 11 is 0. The fourth-order valence-electron chi connectivity index (χ4n) is 4.10. The zero-order valence-electron chi connectivity index (χ0n) is 17.8. The van der Waals surface area contributed by atoms with Crippen molar-refractivity contribution in [3.8, 4) is 6.07 Å². The zero-order valence-corrected chi connectivity index (χ0v) is 17.8. The predicted octanol–water partition coefficient (Wildman–Crippen LogP) is 5.12. The minimum Gasteiger partial charge on any atom is -0.456 e. The van der Waals surface area contributed by atoms with Gasteiger partial charge in [0.2, 0.25) is 0 Å². The van der Waals surface area contributed by atoms with Crippen molar-refractivity contribution in [3.05, 3.63) is 58.0 Å². The van der Waals surface area contributed by atoms with Crippen molar-refractivity contribution in [2.45, 2.75) is 64.7 Å². The lowest BCUT2D eigenvalue weighted by Gasteiger charge is -2.42. The molecule has 4 heteroatoms. The maximum atomic E-state index is 12.3. The third-order valence-corrected chi connectivity index (χ3v) is 6.20. The first-order chi connectivity index (χ1) is 13.0. The van der Waals surface area contributed by atoms with Crippen LogP contribution in [0.2, 0.25) is 0 Å². The molecular formula is C24H30N2O2. The second kappa shape index (κ2) is 7.13. The van der Waals surface area contributed by atoms with E-state index < -0.39 is 0 Å². The predicted molar refractivity (Wildman–Crippen MR) is 111 cm³/mol. The summed E-state index contributed by atoms with van der Waals surface area (Å²) < 4.78 is 5.81. The molecule has 0 aliphatic heterocycles. The summed E-state index contributed by atoms with van der Waals surface area (Å²) in [6, 6.07) is 10.2. The highest BCUT2D eigenvalue weighted by Gasteiger charge is 2.37. The molecule has 2 aromatic rings. The van der Waals surface area contributed by atoms with Gasteiger partial charge in [0.1, 0.15) is 12.3 Å². The van der Waals surface area contributed by atoms with Crippen LogP contribution in [0.4, 0.5) is 0 Å². The van der Waals surface area contributed by atoms with Gasteiger partial charge in [-0.2, -0.15) is 5.26 Å².